The first-order valence-corrected chi connectivity index (χ1v) is 5.18. The summed E-state index contributed by atoms with van der Waals surface area (Å²) in [7, 11) is 0. The van der Waals surface area contributed by atoms with E-state index in [1.54, 1.807) is 27.7 Å². The first-order chi connectivity index (χ1) is 7.08. The summed E-state index contributed by atoms with van der Waals surface area (Å²) in [5.41, 5.74) is 0. The van der Waals surface area contributed by atoms with Crippen LogP contribution in [0.4, 0.5) is 4.79 Å². The number of carbonyl (C=O) groups is 2. The van der Waals surface area contributed by atoms with Crippen LogP contribution in [-0.2, 0) is 14.3 Å². The van der Waals surface area contributed by atoms with Crippen LogP contribution in [0.2, 0.25) is 0 Å². The Hall–Kier alpha value is -1.26. The molecule has 5 nitrogen and oxygen atoms in total. The Kier molecular flexibility index (Phi) is 6.49. The van der Waals surface area contributed by atoms with Crippen molar-refractivity contribution in [2.24, 2.45) is 0 Å². The maximum absolute atomic E-state index is 11.4. The fraction of sp³-hybridized carbons (Fsp3) is 0.800. The second-order valence-corrected chi connectivity index (χ2v) is 2.91. The third-order valence-corrected chi connectivity index (χ3v) is 1.94. The van der Waals surface area contributed by atoms with Gasteiger partial charge in [-0.1, -0.05) is 0 Å². The Morgan fingerprint density at radius 3 is 2.07 bits per heavy atom. The molecule has 0 heterocycles. The van der Waals surface area contributed by atoms with Crippen LogP contribution in [0.1, 0.15) is 27.7 Å². The lowest BCUT2D eigenvalue weighted by atomic mass is 10.3. The van der Waals surface area contributed by atoms with Crippen molar-refractivity contribution in [2.75, 3.05) is 19.8 Å². The van der Waals surface area contributed by atoms with Crippen LogP contribution in [-0.4, -0.2) is 42.8 Å². The lowest BCUT2D eigenvalue weighted by Gasteiger charge is -2.25. The van der Waals surface area contributed by atoms with E-state index in [9.17, 15) is 9.59 Å². The van der Waals surface area contributed by atoms with Gasteiger partial charge in [0.15, 0.2) is 0 Å². The monoisotopic (exact) mass is 217 g/mol. The lowest BCUT2D eigenvalue weighted by molar-refractivity contribution is -0.148. The summed E-state index contributed by atoms with van der Waals surface area (Å²) in [5, 5.41) is 0. The van der Waals surface area contributed by atoms with Crippen LogP contribution >= 0.6 is 0 Å². The summed E-state index contributed by atoms with van der Waals surface area (Å²) in [6.07, 6.45) is -0.486. The summed E-state index contributed by atoms with van der Waals surface area (Å²) in [4.78, 5) is 24.1. The van der Waals surface area contributed by atoms with Crippen LogP contribution in [0.25, 0.3) is 0 Å². The zero-order valence-corrected chi connectivity index (χ0v) is 9.78. The van der Waals surface area contributed by atoms with E-state index in [0.717, 1.165) is 0 Å². The van der Waals surface area contributed by atoms with Crippen LogP contribution in [0.5, 0.6) is 0 Å². The highest BCUT2D eigenvalue weighted by atomic mass is 16.6. The standard InChI is InChI=1S/C10H19NO4/c1-5-11(10(13)15-7-3)8(4)9(12)14-6-2/h8H,5-7H2,1-4H3/t8-/m0/s1. The SMILES string of the molecule is CCOC(=O)[C@H](C)N(CC)C(=O)OCC. The van der Waals surface area contributed by atoms with Gasteiger partial charge in [0, 0.05) is 6.54 Å². The van der Waals surface area contributed by atoms with Gasteiger partial charge in [0.1, 0.15) is 6.04 Å². The van der Waals surface area contributed by atoms with Crippen LogP contribution in [0.15, 0.2) is 0 Å². The molecule has 0 rings (SSSR count). The molecule has 0 unspecified atom stereocenters. The number of rotatable bonds is 5. The van der Waals surface area contributed by atoms with Crippen molar-refractivity contribution >= 4 is 12.1 Å². The number of nitrogens with zero attached hydrogens (tertiary/aromatic N) is 1. The van der Waals surface area contributed by atoms with Crippen molar-refractivity contribution in [1.29, 1.82) is 0 Å². The van der Waals surface area contributed by atoms with E-state index >= 15 is 0 Å². The van der Waals surface area contributed by atoms with Gasteiger partial charge in [-0.25, -0.2) is 9.59 Å². The minimum Gasteiger partial charge on any atom is -0.464 e. The Balaban J connectivity index is 4.38. The first-order valence-electron chi connectivity index (χ1n) is 5.18. The van der Waals surface area contributed by atoms with Gasteiger partial charge in [-0.15, -0.1) is 0 Å². The molecule has 0 saturated carbocycles. The molecule has 0 aliphatic rings. The van der Waals surface area contributed by atoms with Crippen molar-refractivity contribution in [3.8, 4) is 0 Å². The van der Waals surface area contributed by atoms with Gasteiger partial charge in [0.2, 0.25) is 0 Å². The maximum atomic E-state index is 11.4. The quantitative estimate of drug-likeness (QED) is 0.653. The van der Waals surface area contributed by atoms with Gasteiger partial charge in [0.05, 0.1) is 13.2 Å². The Morgan fingerprint density at radius 1 is 1.13 bits per heavy atom. The predicted octanol–water partition coefficient (Wildman–Crippen LogP) is 1.42. The van der Waals surface area contributed by atoms with Gasteiger partial charge in [-0.2, -0.15) is 0 Å². The molecule has 1 amide bonds. The molecule has 0 spiro atoms. The van der Waals surface area contributed by atoms with Gasteiger partial charge >= 0.3 is 12.1 Å². The number of carbonyl (C=O) groups excluding carboxylic acids is 2. The lowest BCUT2D eigenvalue weighted by Crippen LogP contribution is -2.44. The summed E-state index contributed by atoms with van der Waals surface area (Å²) >= 11 is 0. The van der Waals surface area contributed by atoms with Gasteiger partial charge in [0.25, 0.3) is 0 Å². The molecule has 0 radical (unpaired) electrons. The first kappa shape index (κ1) is 13.7. The average molecular weight is 217 g/mol. The van der Waals surface area contributed by atoms with Crippen molar-refractivity contribution in [1.82, 2.24) is 4.90 Å². The molecule has 88 valence electrons. The topological polar surface area (TPSA) is 55.8 Å². The van der Waals surface area contributed by atoms with Gasteiger partial charge in [-0.05, 0) is 27.7 Å². The maximum Gasteiger partial charge on any atom is 0.410 e. The van der Waals surface area contributed by atoms with Crippen LogP contribution in [0.3, 0.4) is 0 Å². The highest BCUT2D eigenvalue weighted by molar-refractivity contribution is 5.81. The Morgan fingerprint density at radius 2 is 1.67 bits per heavy atom. The van der Waals surface area contributed by atoms with E-state index in [0.29, 0.717) is 19.8 Å². The van der Waals surface area contributed by atoms with Gasteiger partial charge in [-0.3, -0.25) is 4.90 Å². The fourth-order valence-electron chi connectivity index (χ4n) is 1.16. The fourth-order valence-corrected chi connectivity index (χ4v) is 1.16. The van der Waals surface area contributed by atoms with Gasteiger partial charge < -0.3 is 9.47 Å². The second-order valence-electron chi connectivity index (χ2n) is 2.91. The minimum atomic E-state index is -0.603. The number of esters is 1. The minimum absolute atomic E-state index is 0.297. The second kappa shape index (κ2) is 7.09. The number of hydrogen-bond donors (Lipinski definition) is 0. The Bertz CT molecular complexity index is 217. The van der Waals surface area contributed by atoms with Crippen LogP contribution in [0, 0.1) is 0 Å². The number of likely N-dealkylation sites (N-methyl/N-ethyl adjacent to an activating group) is 1. The molecule has 1 atom stereocenters. The molecule has 0 N–H and O–H groups in total. The molecule has 0 aliphatic heterocycles. The highest BCUT2D eigenvalue weighted by Gasteiger charge is 2.26. The molecule has 0 aromatic heterocycles. The molecular weight excluding hydrogens is 198 g/mol. The third kappa shape index (κ3) is 4.18. The van der Waals surface area contributed by atoms with E-state index in [4.69, 9.17) is 9.47 Å². The van der Waals surface area contributed by atoms with Crippen molar-refractivity contribution in [2.45, 2.75) is 33.7 Å². The summed E-state index contributed by atoms with van der Waals surface area (Å²) in [5.74, 6) is -0.410. The average Bonchev–Trinajstić information content (AvgIpc) is 2.19. The highest BCUT2D eigenvalue weighted by Crippen LogP contribution is 2.04. The number of hydrogen-bond acceptors (Lipinski definition) is 4. The zero-order valence-electron chi connectivity index (χ0n) is 9.78. The number of amides is 1. The molecule has 0 aromatic rings. The van der Waals surface area contributed by atoms with E-state index in [1.807, 2.05) is 0 Å². The smallest absolute Gasteiger partial charge is 0.410 e. The van der Waals surface area contributed by atoms with Crippen molar-refractivity contribution < 1.29 is 19.1 Å². The Labute approximate surface area is 90.3 Å². The number of ether oxygens (including phenoxy) is 2. The summed E-state index contributed by atoms with van der Waals surface area (Å²) in [6.45, 7) is 7.88. The third-order valence-electron chi connectivity index (χ3n) is 1.94. The van der Waals surface area contributed by atoms with E-state index < -0.39 is 18.1 Å². The molecule has 15 heavy (non-hydrogen) atoms. The molecular formula is C10H19NO4. The van der Waals surface area contributed by atoms with E-state index in [1.165, 1.54) is 4.90 Å². The molecule has 5 heteroatoms. The molecule has 0 fully saturated rings. The molecule has 0 aromatic carbocycles. The van der Waals surface area contributed by atoms with Crippen molar-refractivity contribution in [3.05, 3.63) is 0 Å². The predicted molar refractivity (Wildman–Crippen MR) is 55.5 cm³/mol. The molecule has 0 aliphatic carbocycles. The van der Waals surface area contributed by atoms with E-state index in [-0.39, 0.29) is 0 Å². The molecule has 0 bridgehead atoms. The normalized spacial score (nSPS) is 11.7. The molecule has 0 saturated heterocycles. The van der Waals surface area contributed by atoms with E-state index in [2.05, 4.69) is 0 Å². The zero-order chi connectivity index (χ0) is 11.8. The largest absolute Gasteiger partial charge is 0.464 e. The van der Waals surface area contributed by atoms with Crippen molar-refractivity contribution in [3.63, 3.8) is 0 Å². The van der Waals surface area contributed by atoms with Crippen LogP contribution < -0.4 is 0 Å². The summed E-state index contributed by atoms with van der Waals surface area (Å²) in [6, 6.07) is -0.603. The summed E-state index contributed by atoms with van der Waals surface area (Å²) < 4.78 is 9.65.